The van der Waals surface area contributed by atoms with Gasteiger partial charge in [0.2, 0.25) is 0 Å². The molecule has 1 N–H and O–H groups in total. The van der Waals surface area contributed by atoms with Crippen LogP contribution < -0.4 is 5.32 Å². The van der Waals surface area contributed by atoms with Crippen LogP contribution in [0.1, 0.15) is 24.1 Å². The SMILES string of the molecule is Cc1ccc(Cl)c(NC(C)c2ccc(S(C)(=O)=O)cc2)c1. The van der Waals surface area contributed by atoms with E-state index in [-0.39, 0.29) is 6.04 Å². The second kappa shape index (κ2) is 6.08. The molecule has 0 aromatic heterocycles. The van der Waals surface area contributed by atoms with Crippen molar-refractivity contribution in [1.82, 2.24) is 0 Å². The lowest BCUT2D eigenvalue weighted by atomic mass is 10.1. The molecular formula is C16H18ClNO2S. The van der Waals surface area contributed by atoms with Gasteiger partial charge in [-0.05, 0) is 49.2 Å². The number of benzene rings is 2. The van der Waals surface area contributed by atoms with Gasteiger partial charge in [-0.1, -0.05) is 29.8 Å². The lowest BCUT2D eigenvalue weighted by Gasteiger charge is -2.17. The first-order valence-electron chi connectivity index (χ1n) is 6.60. The monoisotopic (exact) mass is 323 g/mol. The minimum absolute atomic E-state index is 0.0258. The summed E-state index contributed by atoms with van der Waals surface area (Å²) in [6.45, 7) is 4.02. The summed E-state index contributed by atoms with van der Waals surface area (Å²) < 4.78 is 22.9. The number of anilines is 1. The van der Waals surface area contributed by atoms with Crippen molar-refractivity contribution < 1.29 is 8.42 Å². The van der Waals surface area contributed by atoms with Gasteiger partial charge in [-0.25, -0.2) is 8.42 Å². The van der Waals surface area contributed by atoms with E-state index in [0.29, 0.717) is 9.92 Å². The largest absolute Gasteiger partial charge is 0.377 e. The highest BCUT2D eigenvalue weighted by atomic mass is 35.5. The maximum absolute atomic E-state index is 11.5. The first kappa shape index (κ1) is 15.9. The highest BCUT2D eigenvalue weighted by Crippen LogP contribution is 2.27. The number of hydrogen-bond acceptors (Lipinski definition) is 3. The molecule has 0 aliphatic rings. The van der Waals surface area contributed by atoms with Gasteiger partial charge in [0, 0.05) is 12.3 Å². The summed E-state index contributed by atoms with van der Waals surface area (Å²) in [5.41, 5.74) is 3.00. The lowest BCUT2D eigenvalue weighted by molar-refractivity contribution is 0.602. The van der Waals surface area contributed by atoms with Crippen molar-refractivity contribution in [2.24, 2.45) is 0 Å². The van der Waals surface area contributed by atoms with E-state index in [1.807, 2.05) is 44.2 Å². The number of halogens is 1. The molecule has 0 saturated heterocycles. The molecule has 0 fully saturated rings. The van der Waals surface area contributed by atoms with E-state index in [4.69, 9.17) is 11.6 Å². The van der Waals surface area contributed by atoms with E-state index < -0.39 is 9.84 Å². The van der Waals surface area contributed by atoms with Crippen molar-refractivity contribution in [2.45, 2.75) is 24.8 Å². The van der Waals surface area contributed by atoms with Gasteiger partial charge < -0.3 is 5.32 Å². The molecule has 0 spiro atoms. The Labute approximate surface area is 130 Å². The molecule has 0 bridgehead atoms. The number of sulfone groups is 1. The molecule has 2 aromatic rings. The zero-order valence-electron chi connectivity index (χ0n) is 12.2. The van der Waals surface area contributed by atoms with Crippen LogP contribution in [0, 0.1) is 6.92 Å². The fourth-order valence-corrected chi connectivity index (χ4v) is 2.87. The Morgan fingerprint density at radius 2 is 1.71 bits per heavy atom. The molecule has 0 heterocycles. The molecule has 0 radical (unpaired) electrons. The molecule has 1 unspecified atom stereocenters. The van der Waals surface area contributed by atoms with Gasteiger partial charge in [0.1, 0.15) is 0 Å². The predicted molar refractivity (Wildman–Crippen MR) is 87.8 cm³/mol. The topological polar surface area (TPSA) is 46.2 Å². The van der Waals surface area contributed by atoms with Crippen LogP contribution in [0.15, 0.2) is 47.4 Å². The third-order valence-corrected chi connectivity index (χ3v) is 4.76. The van der Waals surface area contributed by atoms with E-state index in [9.17, 15) is 8.42 Å². The van der Waals surface area contributed by atoms with Crippen molar-refractivity contribution in [3.8, 4) is 0 Å². The van der Waals surface area contributed by atoms with Gasteiger partial charge in [0.25, 0.3) is 0 Å². The van der Waals surface area contributed by atoms with E-state index in [2.05, 4.69) is 5.32 Å². The summed E-state index contributed by atoms with van der Waals surface area (Å²) in [7, 11) is -3.16. The Balaban J connectivity index is 2.20. The van der Waals surface area contributed by atoms with E-state index in [1.54, 1.807) is 12.1 Å². The maximum atomic E-state index is 11.5. The molecule has 0 amide bonds. The molecule has 2 aromatic carbocycles. The van der Waals surface area contributed by atoms with E-state index >= 15 is 0 Å². The third kappa shape index (κ3) is 3.99. The van der Waals surface area contributed by atoms with Crippen molar-refractivity contribution in [1.29, 1.82) is 0 Å². The number of nitrogens with one attached hydrogen (secondary N) is 1. The average Bonchev–Trinajstić information content (AvgIpc) is 2.42. The van der Waals surface area contributed by atoms with Crippen molar-refractivity contribution in [3.63, 3.8) is 0 Å². The number of rotatable bonds is 4. The zero-order valence-corrected chi connectivity index (χ0v) is 13.8. The van der Waals surface area contributed by atoms with Gasteiger partial charge in [0.15, 0.2) is 9.84 Å². The summed E-state index contributed by atoms with van der Waals surface area (Å²) >= 11 is 6.17. The van der Waals surface area contributed by atoms with Crippen LogP contribution in [-0.2, 0) is 9.84 Å². The summed E-state index contributed by atoms with van der Waals surface area (Å²) in [5.74, 6) is 0. The van der Waals surface area contributed by atoms with Crippen molar-refractivity contribution in [2.75, 3.05) is 11.6 Å². The van der Waals surface area contributed by atoms with Gasteiger partial charge >= 0.3 is 0 Å². The van der Waals surface area contributed by atoms with Crippen LogP contribution in [-0.4, -0.2) is 14.7 Å². The Morgan fingerprint density at radius 1 is 1.10 bits per heavy atom. The maximum Gasteiger partial charge on any atom is 0.175 e. The fourth-order valence-electron chi connectivity index (χ4n) is 2.07. The predicted octanol–water partition coefficient (Wildman–Crippen LogP) is 4.23. The first-order chi connectivity index (χ1) is 9.77. The van der Waals surface area contributed by atoms with Crippen LogP contribution in [0.3, 0.4) is 0 Å². The first-order valence-corrected chi connectivity index (χ1v) is 8.87. The van der Waals surface area contributed by atoms with Gasteiger partial charge in [0.05, 0.1) is 15.6 Å². The second-order valence-corrected chi connectivity index (χ2v) is 7.61. The molecule has 0 saturated carbocycles. The van der Waals surface area contributed by atoms with Crippen LogP contribution in [0.4, 0.5) is 5.69 Å². The molecule has 3 nitrogen and oxygen atoms in total. The molecule has 112 valence electrons. The highest BCUT2D eigenvalue weighted by Gasteiger charge is 2.10. The molecule has 0 aliphatic heterocycles. The highest BCUT2D eigenvalue weighted by molar-refractivity contribution is 7.90. The Hall–Kier alpha value is -1.52. The molecule has 5 heteroatoms. The summed E-state index contributed by atoms with van der Waals surface area (Å²) in [6, 6.07) is 12.7. The fraction of sp³-hybridized carbons (Fsp3) is 0.250. The van der Waals surface area contributed by atoms with Crippen LogP contribution in [0.25, 0.3) is 0 Å². The summed E-state index contributed by atoms with van der Waals surface area (Å²) in [5, 5.41) is 4.01. The van der Waals surface area contributed by atoms with Crippen molar-refractivity contribution >= 4 is 27.1 Å². The minimum atomic E-state index is -3.16. The normalized spacial score (nSPS) is 13.0. The molecule has 21 heavy (non-hydrogen) atoms. The van der Waals surface area contributed by atoms with E-state index in [1.165, 1.54) is 6.26 Å². The molecule has 1 atom stereocenters. The van der Waals surface area contributed by atoms with Crippen LogP contribution in [0.5, 0.6) is 0 Å². The number of aryl methyl sites for hydroxylation is 1. The van der Waals surface area contributed by atoms with Crippen molar-refractivity contribution in [3.05, 3.63) is 58.6 Å². The Bertz CT molecular complexity index is 739. The third-order valence-electron chi connectivity index (χ3n) is 3.30. The standard InChI is InChI=1S/C16H18ClNO2S/c1-11-4-9-15(17)16(10-11)18-12(2)13-5-7-14(8-6-13)21(3,19)20/h4-10,12,18H,1-3H3. The zero-order chi connectivity index (χ0) is 15.6. The molecule has 0 aliphatic carbocycles. The van der Waals surface area contributed by atoms with Crippen LogP contribution >= 0.6 is 11.6 Å². The smallest absolute Gasteiger partial charge is 0.175 e. The summed E-state index contributed by atoms with van der Waals surface area (Å²) in [6.07, 6.45) is 1.20. The quantitative estimate of drug-likeness (QED) is 0.916. The summed E-state index contributed by atoms with van der Waals surface area (Å²) in [4.78, 5) is 0.326. The lowest BCUT2D eigenvalue weighted by Crippen LogP contribution is -2.07. The van der Waals surface area contributed by atoms with Gasteiger partial charge in [-0.15, -0.1) is 0 Å². The van der Waals surface area contributed by atoms with E-state index in [0.717, 1.165) is 16.8 Å². The van der Waals surface area contributed by atoms with Crippen LogP contribution in [0.2, 0.25) is 5.02 Å². The van der Waals surface area contributed by atoms with Gasteiger partial charge in [-0.2, -0.15) is 0 Å². The molecule has 2 rings (SSSR count). The Morgan fingerprint density at radius 3 is 2.29 bits per heavy atom. The average molecular weight is 324 g/mol. The second-order valence-electron chi connectivity index (χ2n) is 5.19. The Kier molecular flexibility index (Phi) is 4.59. The van der Waals surface area contributed by atoms with Gasteiger partial charge in [-0.3, -0.25) is 0 Å². The minimum Gasteiger partial charge on any atom is -0.377 e. The molecular weight excluding hydrogens is 306 g/mol. The number of hydrogen-bond donors (Lipinski definition) is 1.